The van der Waals surface area contributed by atoms with Gasteiger partial charge in [-0.3, -0.25) is 0 Å². The SMILES string of the molecule is CN(C)N=C1[C@@H]2CC[C@@H](C2)[C@H]1[Si](C)(C)C. The van der Waals surface area contributed by atoms with Gasteiger partial charge in [0.15, 0.2) is 0 Å². The molecule has 2 fully saturated rings. The van der Waals surface area contributed by atoms with E-state index in [4.69, 9.17) is 5.10 Å². The smallest absolute Gasteiger partial charge is 0.0541 e. The van der Waals surface area contributed by atoms with Gasteiger partial charge in [-0.15, -0.1) is 0 Å². The first-order chi connectivity index (χ1) is 6.89. The summed E-state index contributed by atoms with van der Waals surface area (Å²) in [6.45, 7) is 7.51. The normalized spacial score (nSPS) is 37.7. The van der Waals surface area contributed by atoms with Crippen LogP contribution in [-0.4, -0.2) is 32.9 Å². The molecule has 2 aliphatic rings. The topological polar surface area (TPSA) is 15.6 Å². The Morgan fingerprint density at radius 1 is 1.20 bits per heavy atom. The first-order valence-corrected chi connectivity index (χ1v) is 9.73. The zero-order valence-corrected chi connectivity index (χ0v) is 11.7. The van der Waals surface area contributed by atoms with Gasteiger partial charge in [0.05, 0.1) is 8.07 Å². The second-order valence-electron chi connectivity index (χ2n) is 6.49. The van der Waals surface area contributed by atoms with Crippen molar-refractivity contribution >= 4 is 13.8 Å². The molecule has 2 aliphatic carbocycles. The van der Waals surface area contributed by atoms with E-state index in [-0.39, 0.29) is 0 Å². The summed E-state index contributed by atoms with van der Waals surface area (Å²) in [5.74, 6) is 1.80. The largest absolute Gasteiger partial charge is 0.303 e. The minimum absolute atomic E-state index is 0.828. The summed E-state index contributed by atoms with van der Waals surface area (Å²) < 4.78 is 0. The zero-order chi connectivity index (χ0) is 11.2. The third-order valence-corrected chi connectivity index (χ3v) is 6.56. The lowest BCUT2D eigenvalue weighted by atomic mass is 9.98. The van der Waals surface area contributed by atoms with Crippen molar-refractivity contribution in [3.8, 4) is 0 Å². The van der Waals surface area contributed by atoms with Gasteiger partial charge < -0.3 is 5.01 Å². The highest BCUT2D eigenvalue weighted by Crippen LogP contribution is 2.53. The molecule has 3 heteroatoms. The van der Waals surface area contributed by atoms with Crippen LogP contribution in [0.15, 0.2) is 5.10 Å². The number of hydrazone groups is 1. The molecule has 0 N–H and O–H groups in total. The van der Waals surface area contributed by atoms with Gasteiger partial charge in [0.2, 0.25) is 0 Å². The molecule has 0 saturated heterocycles. The summed E-state index contributed by atoms with van der Waals surface area (Å²) in [5.41, 5.74) is 2.41. The van der Waals surface area contributed by atoms with Crippen molar-refractivity contribution in [2.24, 2.45) is 16.9 Å². The molecule has 0 heterocycles. The van der Waals surface area contributed by atoms with E-state index in [9.17, 15) is 0 Å². The standard InChI is InChI=1S/C12H24N2Si/c1-14(2)13-11-9-6-7-10(8-9)12(11)15(3,4)5/h9-10,12H,6-8H2,1-5H3/t9-,10+,12-/m1/s1. The summed E-state index contributed by atoms with van der Waals surface area (Å²) in [4.78, 5) is 0. The Morgan fingerprint density at radius 2 is 1.87 bits per heavy atom. The van der Waals surface area contributed by atoms with Crippen LogP contribution < -0.4 is 0 Å². The molecule has 0 aromatic heterocycles. The van der Waals surface area contributed by atoms with Crippen LogP contribution in [0, 0.1) is 11.8 Å². The lowest BCUT2D eigenvalue weighted by molar-refractivity contribution is 0.429. The van der Waals surface area contributed by atoms with Crippen LogP contribution in [0.1, 0.15) is 19.3 Å². The van der Waals surface area contributed by atoms with E-state index in [1.54, 1.807) is 5.71 Å². The maximum absolute atomic E-state index is 4.79. The Bertz CT molecular complexity index is 278. The van der Waals surface area contributed by atoms with Crippen molar-refractivity contribution in [2.75, 3.05) is 14.1 Å². The molecule has 2 bridgehead atoms. The van der Waals surface area contributed by atoms with Crippen molar-refractivity contribution < 1.29 is 0 Å². The minimum Gasteiger partial charge on any atom is -0.303 e. The molecule has 0 unspecified atom stereocenters. The first kappa shape index (κ1) is 11.2. The monoisotopic (exact) mass is 224 g/mol. The molecule has 0 amide bonds. The number of rotatable bonds is 2. The van der Waals surface area contributed by atoms with Gasteiger partial charge in [-0.1, -0.05) is 19.6 Å². The summed E-state index contributed by atoms with van der Waals surface area (Å²) in [5, 5.41) is 6.79. The summed E-state index contributed by atoms with van der Waals surface area (Å²) in [7, 11) is 3.05. The van der Waals surface area contributed by atoms with Gasteiger partial charge in [0, 0.05) is 19.8 Å². The molecular weight excluding hydrogens is 200 g/mol. The molecule has 3 atom stereocenters. The average Bonchev–Trinajstić information content (AvgIpc) is 2.59. The predicted octanol–water partition coefficient (Wildman–Crippen LogP) is 3.04. The highest BCUT2D eigenvalue weighted by Gasteiger charge is 2.50. The molecule has 2 nitrogen and oxygen atoms in total. The average molecular weight is 224 g/mol. The molecule has 0 radical (unpaired) electrons. The highest BCUT2D eigenvalue weighted by molar-refractivity contribution is 6.81. The number of nitrogens with zero attached hydrogens (tertiary/aromatic N) is 2. The van der Waals surface area contributed by atoms with Crippen LogP contribution in [0.25, 0.3) is 0 Å². The second kappa shape index (κ2) is 3.61. The van der Waals surface area contributed by atoms with E-state index in [0.717, 1.165) is 17.4 Å². The molecular formula is C12H24N2Si. The van der Waals surface area contributed by atoms with Crippen LogP contribution >= 0.6 is 0 Å². The lowest BCUT2D eigenvalue weighted by Crippen LogP contribution is -2.38. The van der Waals surface area contributed by atoms with E-state index in [1.165, 1.54) is 19.3 Å². The van der Waals surface area contributed by atoms with Gasteiger partial charge in [-0.05, 0) is 36.6 Å². The quantitative estimate of drug-likeness (QED) is 0.520. The van der Waals surface area contributed by atoms with Crippen LogP contribution in [-0.2, 0) is 0 Å². The number of hydrogen-bond donors (Lipinski definition) is 0. The summed E-state index contributed by atoms with van der Waals surface area (Å²) >= 11 is 0. The van der Waals surface area contributed by atoms with E-state index >= 15 is 0 Å². The van der Waals surface area contributed by atoms with Crippen molar-refractivity contribution in [1.82, 2.24) is 5.01 Å². The maximum atomic E-state index is 4.79. The molecule has 2 saturated carbocycles. The fourth-order valence-electron chi connectivity index (χ4n) is 3.61. The van der Waals surface area contributed by atoms with Gasteiger partial charge in [-0.2, -0.15) is 5.10 Å². The lowest BCUT2D eigenvalue weighted by Gasteiger charge is -2.34. The fourth-order valence-corrected chi connectivity index (χ4v) is 6.51. The molecule has 0 spiro atoms. The molecule has 2 rings (SSSR count). The van der Waals surface area contributed by atoms with Crippen LogP contribution in [0.2, 0.25) is 25.2 Å². The van der Waals surface area contributed by atoms with Gasteiger partial charge in [0.25, 0.3) is 0 Å². The Morgan fingerprint density at radius 3 is 2.40 bits per heavy atom. The number of fused-ring (bicyclic) bond motifs is 2. The highest BCUT2D eigenvalue weighted by atomic mass is 28.3. The van der Waals surface area contributed by atoms with Crippen molar-refractivity contribution in [1.29, 1.82) is 0 Å². The van der Waals surface area contributed by atoms with Crippen molar-refractivity contribution in [3.05, 3.63) is 0 Å². The molecule has 86 valence electrons. The third-order valence-electron chi connectivity index (χ3n) is 3.93. The molecule has 0 aromatic rings. The van der Waals surface area contributed by atoms with Crippen LogP contribution in [0.4, 0.5) is 0 Å². The Hall–Kier alpha value is -0.313. The third kappa shape index (κ3) is 1.99. The molecule has 0 aliphatic heterocycles. The van der Waals surface area contributed by atoms with Crippen molar-refractivity contribution in [3.63, 3.8) is 0 Å². The van der Waals surface area contributed by atoms with E-state index in [2.05, 4.69) is 33.7 Å². The number of hydrogen-bond acceptors (Lipinski definition) is 2. The minimum atomic E-state index is -1.07. The summed E-state index contributed by atoms with van der Waals surface area (Å²) in [6.07, 6.45) is 4.30. The molecule has 0 aromatic carbocycles. The van der Waals surface area contributed by atoms with Gasteiger partial charge in [-0.25, -0.2) is 0 Å². The summed E-state index contributed by atoms with van der Waals surface area (Å²) in [6, 6.07) is 0. The van der Waals surface area contributed by atoms with Gasteiger partial charge >= 0.3 is 0 Å². The van der Waals surface area contributed by atoms with E-state index < -0.39 is 8.07 Å². The zero-order valence-electron chi connectivity index (χ0n) is 10.7. The maximum Gasteiger partial charge on any atom is 0.0541 e. The van der Waals surface area contributed by atoms with E-state index in [0.29, 0.717) is 0 Å². The fraction of sp³-hybridized carbons (Fsp3) is 0.917. The first-order valence-electron chi connectivity index (χ1n) is 6.15. The Kier molecular flexibility index (Phi) is 2.69. The Balaban J connectivity index is 2.28. The van der Waals surface area contributed by atoms with E-state index in [1.807, 2.05) is 5.01 Å². The van der Waals surface area contributed by atoms with Crippen LogP contribution in [0.3, 0.4) is 0 Å². The van der Waals surface area contributed by atoms with Gasteiger partial charge in [0.1, 0.15) is 0 Å². The predicted molar refractivity (Wildman–Crippen MR) is 69.0 cm³/mol. The Labute approximate surface area is 94.7 Å². The van der Waals surface area contributed by atoms with Crippen molar-refractivity contribution in [2.45, 2.75) is 44.4 Å². The second-order valence-corrected chi connectivity index (χ2v) is 11.8. The van der Waals surface area contributed by atoms with Crippen LogP contribution in [0.5, 0.6) is 0 Å². The molecule has 15 heavy (non-hydrogen) atoms.